The zero-order valence-electron chi connectivity index (χ0n) is 15.5. The molecular formula is C17H25F3N2O4S. The Bertz CT molecular complexity index is 719. The van der Waals surface area contributed by atoms with Gasteiger partial charge in [-0.1, -0.05) is 19.9 Å². The van der Waals surface area contributed by atoms with E-state index in [1.165, 1.54) is 12.0 Å². The van der Waals surface area contributed by atoms with E-state index < -0.39 is 39.1 Å². The number of benzene rings is 1. The molecule has 6 nitrogen and oxygen atoms in total. The van der Waals surface area contributed by atoms with Crippen LogP contribution in [0.25, 0.3) is 0 Å². The Hall–Kier alpha value is -1.65. The van der Waals surface area contributed by atoms with Crippen molar-refractivity contribution in [2.75, 3.05) is 26.8 Å². The molecule has 10 heteroatoms. The van der Waals surface area contributed by atoms with E-state index >= 15 is 0 Å². The summed E-state index contributed by atoms with van der Waals surface area (Å²) in [6.07, 6.45) is -3.29. The van der Waals surface area contributed by atoms with Crippen LogP contribution >= 0.6 is 0 Å². The minimum Gasteiger partial charge on any atom is -0.383 e. The molecule has 0 atom stereocenters. The van der Waals surface area contributed by atoms with Gasteiger partial charge >= 0.3 is 6.18 Å². The molecule has 1 rings (SSSR count). The Labute approximate surface area is 157 Å². The molecule has 0 saturated heterocycles. The van der Waals surface area contributed by atoms with Gasteiger partial charge in [0.25, 0.3) is 0 Å². The zero-order chi connectivity index (χ0) is 20.7. The third-order valence-electron chi connectivity index (χ3n) is 4.13. The Morgan fingerprint density at radius 1 is 1.26 bits per heavy atom. The number of hydrogen-bond acceptors (Lipinski definition) is 4. The van der Waals surface area contributed by atoms with Gasteiger partial charge in [-0.3, -0.25) is 4.79 Å². The van der Waals surface area contributed by atoms with Gasteiger partial charge < -0.3 is 9.64 Å². The maximum absolute atomic E-state index is 12.8. The first-order valence-electron chi connectivity index (χ1n) is 8.52. The third kappa shape index (κ3) is 6.78. The van der Waals surface area contributed by atoms with Crippen LogP contribution in [-0.4, -0.2) is 52.1 Å². The van der Waals surface area contributed by atoms with Crippen LogP contribution in [0.5, 0.6) is 0 Å². The predicted molar refractivity (Wildman–Crippen MR) is 94.6 cm³/mol. The van der Waals surface area contributed by atoms with Gasteiger partial charge in [0.1, 0.15) is 0 Å². The molecule has 1 N–H and O–H groups in total. The lowest BCUT2D eigenvalue weighted by molar-refractivity contribution is -0.137. The topological polar surface area (TPSA) is 75.7 Å². The second-order valence-corrected chi connectivity index (χ2v) is 7.67. The average molecular weight is 410 g/mol. The number of carbonyl (C=O) groups excluding carboxylic acids is 1. The fourth-order valence-corrected chi connectivity index (χ4v) is 3.63. The summed E-state index contributed by atoms with van der Waals surface area (Å²) < 4.78 is 70.0. The van der Waals surface area contributed by atoms with Crippen molar-refractivity contribution in [3.05, 3.63) is 29.8 Å². The molecule has 0 aliphatic heterocycles. The second kappa shape index (κ2) is 10.0. The molecule has 0 saturated carbocycles. The third-order valence-corrected chi connectivity index (χ3v) is 5.52. The van der Waals surface area contributed by atoms with Crippen molar-refractivity contribution in [3.8, 4) is 0 Å². The van der Waals surface area contributed by atoms with Crippen LogP contribution in [0, 0.1) is 0 Å². The van der Waals surface area contributed by atoms with Crippen molar-refractivity contribution in [1.29, 1.82) is 0 Å². The minimum atomic E-state index is -4.66. The first-order valence-corrected chi connectivity index (χ1v) is 10.00. The number of nitrogens with zero attached hydrogens (tertiary/aromatic N) is 1. The SMILES string of the molecule is CCC(CC)N(CCOC)C(=O)CNS(=O)(=O)c1cccc(C(F)(F)F)c1. The van der Waals surface area contributed by atoms with Gasteiger partial charge in [0.15, 0.2) is 0 Å². The monoisotopic (exact) mass is 410 g/mol. The quantitative estimate of drug-likeness (QED) is 0.644. The van der Waals surface area contributed by atoms with E-state index in [9.17, 15) is 26.4 Å². The average Bonchev–Trinajstić information content (AvgIpc) is 2.62. The van der Waals surface area contributed by atoms with Crippen LogP contribution in [0.3, 0.4) is 0 Å². The number of carbonyl (C=O) groups is 1. The van der Waals surface area contributed by atoms with Crippen LogP contribution in [-0.2, 0) is 25.7 Å². The summed E-state index contributed by atoms with van der Waals surface area (Å²) in [5, 5.41) is 0. The molecule has 0 radical (unpaired) electrons. The summed E-state index contributed by atoms with van der Waals surface area (Å²) >= 11 is 0. The molecule has 1 aromatic carbocycles. The lowest BCUT2D eigenvalue weighted by Crippen LogP contribution is -2.46. The van der Waals surface area contributed by atoms with Crippen molar-refractivity contribution in [2.45, 2.75) is 43.8 Å². The first-order chi connectivity index (χ1) is 12.6. The lowest BCUT2D eigenvalue weighted by atomic mass is 10.1. The fourth-order valence-electron chi connectivity index (χ4n) is 2.61. The first kappa shape index (κ1) is 23.4. The van der Waals surface area contributed by atoms with E-state index in [1.54, 1.807) is 0 Å². The standard InChI is InChI=1S/C17H25F3N2O4S/c1-4-14(5-2)22(9-10-26-3)16(23)12-21-27(24,25)15-8-6-7-13(11-15)17(18,19)20/h6-8,11,14,21H,4-5,9-10,12H2,1-3H3. The fraction of sp³-hybridized carbons (Fsp3) is 0.588. The molecule has 154 valence electrons. The second-order valence-electron chi connectivity index (χ2n) is 5.90. The summed E-state index contributed by atoms with van der Waals surface area (Å²) in [4.78, 5) is 13.5. The van der Waals surface area contributed by atoms with E-state index in [-0.39, 0.29) is 6.04 Å². The highest BCUT2D eigenvalue weighted by atomic mass is 32.2. The van der Waals surface area contributed by atoms with Crippen LogP contribution in [0.1, 0.15) is 32.3 Å². The van der Waals surface area contributed by atoms with Gasteiger partial charge in [0.05, 0.1) is 23.6 Å². The van der Waals surface area contributed by atoms with Gasteiger partial charge in [-0.15, -0.1) is 0 Å². The molecule has 0 aromatic heterocycles. The number of hydrogen-bond donors (Lipinski definition) is 1. The number of sulfonamides is 1. The Balaban J connectivity index is 2.91. The van der Waals surface area contributed by atoms with E-state index in [0.29, 0.717) is 32.1 Å². The summed E-state index contributed by atoms with van der Waals surface area (Å²) in [7, 11) is -2.77. The van der Waals surface area contributed by atoms with Crippen molar-refractivity contribution in [3.63, 3.8) is 0 Å². The van der Waals surface area contributed by atoms with Gasteiger partial charge in [-0.05, 0) is 31.0 Å². The Morgan fingerprint density at radius 3 is 2.41 bits per heavy atom. The number of halogens is 3. The molecule has 1 aromatic rings. The van der Waals surface area contributed by atoms with Crippen molar-refractivity contribution in [2.24, 2.45) is 0 Å². The predicted octanol–water partition coefficient (Wildman–Crippen LogP) is 2.65. The summed E-state index contributed by atoms with van der Waals surface area (Å²) in [5.41, 5.74) is -1.07. The molecule has 0 spiro atoms. The molecule has 1 amide bonds. The lowest BCUT2D eigenvalue weighted by Gasteiger charge is -2.30. The van der Waals surface area contributed by atoms with E-state index in [4.69, 9.17) is 4.74 Å². The zero-order valence-corrected chi connectivity index (χ0v) is 16.4. The normalized spacial score (nSPS) is 12.4. The van der Waals surface area contributed by atoms with Crippen LogP contribution < -0.4 is 4.72 Å². The van der Waals surface area contributed by atoms with Gasteiger partial charge in [-0.25, -0.2) is 13.1 Å². The molecule has 0 heterocycles. The minimum absolute atomic E-state index is 0.0780. The van der Waals surface area contributed by atoms with E-state index in [2.05, 4.69) is 4.72 Å². The van der Waals surface area contributed by atoms with Crippen LogP contribution in [0.2, 0.25) is 0 Å². The van der Waals surface area contributed by atoms with E-state index in [0.717, 1.165) is 18.2 Å². The molecule has 27 heavy (non-hydrogen) atoms. The molecule has 0 fully saturated rings. The van der Waals surface area contributed by atoms with E-state index in [1.807, 2.05) is 13.8 Å². The maximum atomic E-state index is 12.8. The number of alkyl halides is 3. The van der Waals surface area contributed by atoms with Gasteiger partial charge in [0, 0.05) is 19.7 Å². The number of rotatable bonds is 10. The molecule has 0 aliphatic carbocycles. The number of methoxy groups -OCH3 is 1. The largest absolute Gasteiger partial charge is 0.416 e. The Kier molecular flexibility index (Phi) is 8.70. The van der Waals surface area contributed by atoms with Crippen molar-refractivity contribution in [1.82, 2.24) is 9.62 Å². The van der Waals surface area contributed by atoms with Gasteiger partial charge in [0.2, 0.25) is 15.9 Å². The summed E-state index contributed by atoms with van der Waals surface area (Å²) in [6.45, 7) is 3.87. The maximum Gasteiger partial charge on any atom is 0.416 e. The van der Waals surface area contributed by atoms with Crippen molar-refractivity contribution < 1.29 is 31.1 Å². The van der Waals surface area contributed by atoms with Crippen LogP contribution in [0.4, 0.5) is 13.2 Å². The Morgan fingerprint density at radius 2 is 1.89 bits per heavy atom. The van der Waals surface area contributed by atoms with Crippen molar-refractivity contribution >= 4 is 15.9 Å². The highest BCUT2D eigenvalue weighted by Crippen LogP contribution is 2.30. The molecule has 0 aliphatic rings. The molecule has 0 unspecified atom stereocenters. The molecular weight excluding hydrogens is 385 g/mol. The highest BCUT2D eigenvalue weighted by molar-refractivity contribution is 7.89. The molecule has 0 bridgehead atoms. The number of amides is 1. The number of ether oxygens (including phenoxy) is 1. The van der Waals surface area contributed by atoms with Gasteiger partial charge in [-0.2, -0.15) is 13.2 Å². The smallest absolute Gasteiger partial charge is 0.383 e. The highest BCUT2D eigenvalue weighted by Gasteiger charge is 2.32. The van der Waals surface area contributed by atoms with Crippen LogP contribution in [0.15, 0.2) is 29.2 Å². The number of nitrogens with one attached hydrogen (secondary N) is 1. The summed E-state index contributed by atoms with van der Waals surface area (Å²) in [5.74, 6) is -0.462. The summed E-state index contributed by atoms with van der Waals surface area (Å²) in [6, 6.07) is 3.30.